The predicted molar refractivity (Wildman–Crippen MR) is 35.0 cm³/mol. The maximum Gasteiger partial charge on any atom is 1.00 e. The van der Waals surface area contributed by atoms with E-state index in [1.165, 1.54) is 0 Å². The third-order valence-corrected chi connectivity index (χ3v) is 1.05. The minimum absolute atomic E-state index is 0. The molecule has 0 atom stereocenters. The van der Waals surface area contributed by atoms with Crippen LogP contribution in [0.3, 0.4) is 0 Å². The van der Waals surface area contributed by atoms with Crippen LogP contribution in [0.15, 0.2) is 12.3 Å². The Labute approximate surface area is 110 Å². The SMILES string of the molecule is CC(C)c1n[c-]ccn1.[Rb+]. The molecule has 0 aliphatic rings. The minimum atomic E-state index is 0. The van der Waals surface area contributed by atoms with Crippen molar-refractivity contribution < 1.29 is 58.2 Å². The van der Waals surface area contributed by atoms with E-state index in [1.54, 1.807) is 12.3 Å². The molecule has 0 saturated carbocycles. The van der Waals surface area contributed by atoms with Gasteiger partial charge in [-0.15, -0.1) is 6.07 Å². The third kappa shape index (κ3) is 3.33. The van der Waals surface area contributed by atoms with Crippen LogP contribution in [0.4, 0.5) is 0 Å². The molecular formula is C7H9N2Rb. The van der Waals surface area contributed by atoms with Crippen LogP contribution >= 0.6 is 0 Å². The van der Waals surface area contributed by atoms with Crippen molar-refractivity contribution in [2.45, 2.75) is 19.8 Å². The summed E-state index contributed by atoms with van der Waals surface area (Å²) in [6.07, 6.45) is 4.44. The van der Waals surface area contributed by atoms with Gasteiger partial charge in [0, 0.05) is 5.82 Å². The van der Waals surface area contributed by atoms with Crippen LogP contribution in [-0.4, -0.2) is 9.97 Å². The van der Waals surface area contributed by atoms with Crippen LogP contribution in [0.1, 0.15) is 25.6 Å². The Kier molecular flexibility index (Phi) is 6.01. The van der Waals surface area contributed by atoms with Crippen LogP contribution in [0.25, 0.3) is 0 Å². The molecule has 10 heavy (non-hydrogen) atoms. The van der Waals surface area contributed by atoms with Crippen LogP contribution in [-0.2, 0) is 0 Å². The first kappa shape index (κ1) is 10.9. The van der Waals surface area contributed by atoms with E-state index in [9.17, 15) is 0 Å². The first-order chi connectivity index (χ1) is 4.30. The van der Waals surface area contributed by atoms with Gasteiger partial charge >= 0.3 is 58.2 Å². The number of nitrogens with zero attached hydrogens (tertiary/aromatic N) is 2. The predicted octanol–water partition coefficient (Wildman–Crippen LogP) is -1.60. The molecule has 0 saturated heterocycles. The van der Waals surface area contributed by atoms with Gasteiger partial charge in [-0.2, -0.15) is 0 Å². The zero-order valence-corrected chi connectivity index (χ0v) is 11.5. The Morgan fingerprint density at radius 3 is 2.50 bits per heavy atom. The fraction of sp³-hybridized carbons (Fsp3) is 0.429. The van der Waals surface area contributed by atoms with E-state index in [1.807, 2.05) is 0 Å². The fourth-order valence-corrected chi connectivity index (χ4v) is 0.557. The van der Waals surface area contributed by atoms with Gasteiger partial charge in [-0.05, 0) is 5.92 Å². The van der Waals surface area contributed by atoms with E-state index >= 15 is 0 Å². The second-order valence-corrected chi connectivity index (χ2v) is 2.20. The van der Waals surface area contributed by atoms with Crippen molar-refractivity contribution in [2.75, 3.05) is 0 Å². The van der Waals surface area contributed by atoms with Crippen LogP contribution < -0.4 is 58.2 Å². The van der Waals surface area contributed by atoms with Crippen molar-refractivity contribution in [2.24, 2.45) is 0 Å². The Hall–Kier alpha value is 0.885. The molecule has 0 aliphatic carbocycles. The third-order valence-electron chi connectivity index (χ3n) is 1.05. The first-order valence-electron chi connectivity index (χ1n) is 2.99. The molecule has 0 N–H and O–H groups in total. The van der Waals surface area contributed by atoms with Gasteiger partial charge in [0.1, 0.15) is 0 Å². The summed E-state index contributed by atoms with van der Waals surface area (Å²) in [5.41, 5.74) is 0. The van der Waals surface area contributed by atoms with Gasteiger partial charge in [0.2, 0.25) is 0 Å². The summed E-state index contributed by atoms with van der Waals surface area (Å²) in [5, 5.41) is 0. The van der Waals surface area contributed by atoms with Crippen molar-refractivity contribution in [1.82, 2.24) is 9.97 Å². The smallest absolute Gasteiger partial charge is 0.373 e. The Balaban J connectivity index is 0.000000810. The van der Waals surface area contributed by atoms with Crippen LogP contribution in [0, 0.1) is 6.20 Å². The van der Waals surface area contributed by atoms with Gasteiger partial charge < -0.3 is 9.97 Å². The Morgan fingerprint density at radius 1 is 1.50 bits per heavy atom. The normalized spacial score (nSPS) is 9.10. The van der Waals surface area contributed by atoms with Gasteiger partial charge in [0.15, 0.2) is 0 Å². The fourth-order valence-electron chi connectivity index (χ4n) is 0.557. The van der Waals surface area contributed by atoms with Gasteiger partial charge in [-0.25, -0.2) is 0 Å². The molecule has 1 aromatic heterocycles. The minimum Gasteiger partial charge on any atom is -0.373 e. The van der Waals surface area contributed by atoms with E-state index in [2.05, 4.69) is 30.0 Å². The van der Waals surface area contributed by atoms with Crippen LogP contribution in [0.5, 0.6) is 0 Å². The number of hydrogen-bond acceptors (Lipinski definition) is 2. The largest absolute Gasteiger partial charge is 1.00 e. The molecule has 48 valence electrons. The second kappa shape index (κ2) is 5.52. The standard InChI is InChI=1S/C7H9N2.Rb/c1-6(2)7-8-4-3-5-9-7;/h3-4,6H,1-2H3;/q-1;+1. The Morgan fingerprint density at radius 2 is 2.20 bits per heavy atom. The second-order valence-electron chi connectivity index (χ2n) is 2.20. The van der Waals surface area contributed by atoms with Gasteiger partial charge in [0.05, 0.1) is 0 Å². The van der Waals surface area contributed by atoms with Gasteiger partial charge in [0.25, 0.3) is 0 Å². The van der Waals surface area contributed by atoms with E-state index in [0.29, 0.717) is 5.92 Å². The summed E-state index contributed by atoms with van der Waals surface area (Å²) in [4.78, 5) is 7.98. The molecule has 0 spiro atoms. The number of hydrogen-bond donors (Lipinski definition) is 0. The van der Waals surface area contributed by atoms with E-state index in [4.69, 9.17) is 0 Å². The van der Waals surface area contributed by atoms with Crippen molar-refractivity contribution in [3.63, 3.8) is 0 Å². The maximum atomic E-state index is 4.04. The average molecular weight is 207 g/mol. The molecule has 0 bridgehead atoms. The van der Waals surface area contributed by atoms with Gasteiger partial charge in [-0.3, -0.25) is 0 Å². The Bertz CT molecular complexity index is 174. The van der Waals surface area contributed by atoms with E-state index in [0.717, 1.165) is 5.82 Å². The van der Waals surface area contributed by atoms with Crippen molar-refractivity contribution in [3.8, 4) is 0 Å². The van der Waals surface area contributed by atoms with E-state index < -0.39 is 0 Å². The van der Waals surface area contributed by atoms with Crippen molar-refractivity contribution >= 4 is 0 Å². The summed E-state index contributed by atoms with van der Waals surface area (Å²) in [5.74, 6) is 1.26. The maximum absolute atomic E-state index is 4.04. The zero-order valence-electron chi connectivity index (χ0n) is 6.63. The molecule has 1 rings (SSSR count). The number of rotatable bonds is 1. The zero-order chi connectivity index (χ0) is 6.69. The summed E-state index contributed by atoms with van der Waals surface area (Å²) in [7, 11) is 0. The molecule has 0 amide bonds. The van der Waals surface area contributed by atoms with Crippen LogP contribution in [0.2, 0.25) is 0 Å². The molecule has 2 nitrogen and oxygen atoms in total. The first-order valence-corrected chi connectivity index (χ1v) is 2.99. The molecule has 1 heterocycles. The summed E-state index contributed by atoms with van der Waals surface area (Å²) in [6.45, 7) is 4.12. The van der Waals surface area contributed by atoms with E-state index in [-0.39, 0.29) is 58.2 Å². The summed E-state index contributed by atoms with van der Waals surface area (Å²) >= 11 is 0. The molecule has 0 aromatic carbocycles. The summed E-state index contributed by atoms with van der Waals surface area (Å²) < 4.78 is 0. The summed E-state index contributed by atoms with van der Waals surface area (Å²) in [6, 6.07) is 1.70. The number of aromatic nitrogens is 2. The van der Waals surface area contributed by atoms with Crippen molar-refractivity contribution in [3.05, 3.63) is 24.3 Å². The molecule has 0 aliphatic heterocycles. The quantitative estimate of drug-likeness (QED) is 0.518. The molecular weight excluding hydrogens is 198 g/mol. The van der Waals surface area contributed by atoms with Crippen molar-refractivity contribution in [1.29, 1.82) is 0 Å². The molecule has 3 heteroatoms. The molecule has 1 aromatic rings. The average Bonchev–Trinajstić information content (AvgIpc) is 1.90. The molecule has 0 radical (unpaired) electrons. The molecule has 0 fully saturated rings. The van der Waals surface area contributed by atoms with Gasteiger partial charge in [-0.1, -0.05) is 26.2 Å². The molecule has 0 unspecified atom stereocenters. The monoisotopic (exact) mass is 206 g/mol. The topological polar surface area (TPSA) is 25.8 Å².